The molecule has 0 atom stereocenters. The maximum Gasteiger partial charge on any atom is 0.317 e. The topological polar surface area (TPSA) is 44.8 Å². The molecule has 0 aromatic heterocycles. The predicted molar refractivity (Wildman–Crippen MR) is 109 cm³/mol. The van der Waals surface area contributed by atoms with Crippen LogP contribution in [0.25, 0.3) is 0 Å². The van der Waals surface area contributed by atoms with Gasteiger partial charge in [-0.25, -0.2) is 4.79 Å². The van der Waals surface area contributed by atoms with E-state index in [1.54, 1.807) is 0 Å². The zero-order valence-electron chi connectivity index (χ0n) is 15.7. The minimum Gasteiger partial charge on any atom is -0.377 e. The number of benzene rings is 2. The molecule has 6 heteroatoms. The Morgan fingerprint density at radius 1 is 1.07 bits per heavy atom. The summed E-state index contributed by atoms with van der Waals surface area (Å²) in [5.74, 6) is 0. The summed E-state index contributed by atoms with van der Waals surface area (Å²) in [6.45, 7) is 6.73. The molecule has 1 aliphatic heterocycles. The number of nitrogens with zero attached hydrogens (tertiary/aromatic N) is 2. The fraction of sp³-hybridized carbons (Fsp3) is 0.381. The molecule has 0 radical (unpaired) electrons. The number of carbonyl (C=O) groups is 1. The number of amides is 2. The molecule has 1 saturated heterocycles. The molecular formula is C21H26ClN3O2. The van der Waals surface area contributed by atoms with Crippen LogP contribution in [0.1, 0.15) is 18.1 Å². The number of rotatable bonds is 6. The van der Waals surface area contributed by atoms with E-state index in [0.29, 0.717) is 32.8 Å². The van der Waals surface area contributed by atoms with Crippen molar-refractivity contribution in [3.05, 3.63) is 64.7 Å². The average Bonchev–Trinajstić information content (AvgIpc) is 2.71. The van der Waals surface area contributed by atoms with Crippen molar-refractivity contribution in [1.29, 1.82) is 0 Å². The molecule has 0 unspecified atom stereocenters. The van der Waals surface area contributed by atoms with Gasteiger partial charge in [-0.1, -0.05) is 41.9 Å². The maximum absolute atomic E-state index is 12.5. The van der Waals surface area contributed by atoms with Crippen LogP contribution in [0, 0.1) is 0 Å². The van der Waals surface area contributed by atoms with Crippen molar-refractivity contribution in [2.75, 3.05) is 37.7 Å². The van der Waals surface area contributed by atoms with Crippen molar-refractivity contribution in [3.63, 3.8) is 0 Å². The summed E-state index contributed by atoms with van der Waals surface area (Å²) in [7, 11) is 0. The Labute approximate surface area is 165 Å². The molecule has 2 aromatic rings. The van der Waals surface area contributed by atoms with E-state index in [1.165, 1.54) is 0 Å². The van der Waals surface area contributed by atoms with Gasteiger partial charge in [0.25, 0.3) is 0 Å². The number of hydrogen-bond acceptors (Lipinski definition) is 3. The lowest BCUT2D eigenvalue weighted by atomic mass is 10.1. The van der Waals surface area contributed by atoms with E-state index in [4.69, 9.17) is 16.3 Å². The van der Waals surface area contributed by atoms with Crippen LogP contribution in [0.15, 0.2) is 48.5 Å². The van der Waals surface area contributed by atoms with Gasteiger partial charge in [-0.15, -0.1) is 0 Å². The summed E-state index contributed by atoms with van der Waals surface area (Å²) in [4.78, 5) is 16.7. The van der Waals surface area contributed by atoms with E-state index in [0.717, 1.165) is 34.9 Å². The van der Waals surface area contributed by atoms with Crippen LogP contribution in [0.3, 0.4) is 0 Å². The summed E-state index contributed by atoms with van der Waals surface area (Å²) >= 11 is 6.08. The lowest BCUT2D eigenvalue weighted by Crippen LogP contribution is -2.51. The van der Waals surface area contributed by atoms with Crippen LogP contribution in [-0.2, 0) is 17.9 Å². The Balaban J connectivity index is 1.50. The maximum atomic E-state index is 12.5. The number of carbonyl (C=O) groups excluding carboxylic acids is 1. The second-order valence-electron chi connectivity index (χ2n) is 6.52. The van der Waals surface area contributed by atoms with Crippen molar-refractivity contribution in [2.45, 2.75) is 20.1 Å². The summed E-state index contributed by atoms with van der Waals surface area (Å²) in [5, 5.41) is 3.78. The highest BCUT2D eigenvalue weighted by atomic mass is 35.5. The highest BCUT2D eigenvalue weighted by molar-refractivity contribution is 6.30. The van der Waals surface area contributed by atoms with Crippen LogP contribution in [0.2, 0.25) is 5.02 Å². The quantitative estimate of drug-likeness (QED) is 0.817. The number of halogens is 1. The lowest BCUT2D eigenvalue weighted by molar-refractivity contribution is 0.133. The van der Waals surface area contributed by atoms with Gasteiger partial charge in [-0.3, -0.25) is 0 Å². The number of anilines is 1. The molecule has 2 aromatic carbocycles. The van der Waals surface area contributed by atoms with Crippen LogP contribution in [-0.4, -0.2) is 43.7 Å². The molecule has 0 saturated carbocycles. The molecule has 0 spiro atoms. The monoisotopic (exact) mass is 387 g/mol. The zero-order chi connectivity index (χ0) is 19.1. The highest BCUT2D eigenvalue weighted by Gasteiger charge is 2.21. The van der Waals surface area contributed by atoms with Crippen molar-refractivity contribution in [1.82, 2.24) is 10.2 Å². The van der Waals surface area contributed by atoms with Gasteiger partial charge in [0.15, 0.2) is 0 Å². The average molecular weight is 388 g/mol. The third-order valence-electron chi connectivity index (χ3n) is 4.75. The van der Waals surface area contributed by atoms with Crippen molar-refractivity contribution in [2.24, 2.45) is 0 Å². The Morgan fingerprint density at radius 3 is 2.52 bits per heavy atom. The Morgan fingerprint density at radius 2 is 1.81 bits per heavy atom. The van der Waals surface area contributed by atoms with Gasteiger partial charge in [0.05, 0.1) is 6.61 Å². The summed E-state index contributed by atoms with van der Waals surface area (Å²) in [6, 6.07) is 15.9. The third-order valence-corrected chi connectivity index (χ3v) is 4.99. The number of hydrogen-bond donors (Lipinski definition) is 1. The predicted octanol–water partition coefficient (Wildman–Crippen LogP) is 3.91. The largest absolute Gasteiger partial charge is 0.377 e. The molecule has 1 fully saturated rings. The molecular weight excluding hydrogens is 362 g/mol. The Hall–Kier alpha value is -2.24. The van der Waals surface area contributed by atoms with E-state index < -0.39 is 0 Å². The first kappa shape index (κ1) is 19.5. The van der Waals surface area contributed by atoms with Gasteiger partial charge >= 0.3 is 6.03 Å². The second-order valence-corrected chi connectivity index (χ2v) is 6.95. The van der Waals surface area contributed by atoms with E-state index in [2.05, 4.69) is 16.3 Å². The van der Waals surface area contributed by atoms with Gasteiger partial charge in [0.2, 0.25) is 0 Å². The van der Waals surface area contributed by atoms with Crippen LogP contribution in [0.5, 0.6) is 0 Å². The molecule has 144 valence electrons. The first-order valence-corrected chi connectivity index (χ1v) is 9.73. The first-order chi connectivity index (χ1) is 13.2. The van der Waals surface area contributed by atoms with Crippen molar-refractivity contribution in [3.8, 4) is 0 Å². The Bertz CT molecular complexity index is 761. The third kappa shape index (κ3) is 5.37. The number of piperazine rings is 1. The Kier molecular flexibility index (Phi) is 6.96. The van der Waals surface area contributed by atoms with Gasteiger partial charge in [0, 0.05) is 50.0 Å². The number of urea groups is 1. The molecule has 5 nitrogen and oxygen atoms in total. The summed E-state index contributed by atoms with van der Waals surface area (Å²) in [6.07, 6.45) is 0. The van der Waals surface area contributed by atoms with Gasteiger partial charge in [-0.05, 0) is 36.2 Å². The summed E-state index contributed by atoms with van der Waals surface area (Å²) < 4.78 is 5.51. The molecule has 27 heavy (non-hydrogen) atoms. The van der Waals surface area contributed by atoms with Crippen LogP contribution < -0.4 is 10.2 Å². The van der Waals surface area contributed by atoms with Gasteiger partial charge in [0.1, 0.15) is 0 Å². The molecule has 1 aliphatic rings. The minimum atomic E-state index is -0.0213. The molecule has 1 N–H and O–H groups in total. The highest BCUT2D eigenvalue weighted by Crippen LogP contribution is 2.20. The molecule has 0 bridgehead atoms. The van der Waals surface area contributed by atoms with E-state index in [-0.39, 0.29) is 6.03 Å². The lowest BCUT2D eigenvalue weighted by Gasteiger charge is -2.36. The molecule has 2 amide bonds. The normalized spacial score (nSPS) is 14.3. The van der Waals surface area contributed by atoms with E-state index in [1.807, 2.05) is 54.3 Å². The molecule has 3 rings (SSSR count). The smallest absolute Gasteiger partial charge is 0.317 e. The minimum absolute atomic E-state index is 0.0213. The summed E-state index contributed by atoms with van der Waals surface area (Å²) in [5.41, 5.74) is 3.31. The van der Waals surface area contributed by atoms with Gasteiger partial charge in [-0.2, -0.15) is 0 Å². The number of nitrogens with one attached hydrogen (secondary N) is 1. The van der Waals surface area contributed by atoms with Crippen molar-refractivity contribution >= 4 is 23.3 Å². The SMILES string of the molecule is CCOCc1ccccc1CNC(=O)N1CCN(c2cccc(Cl)c2)CC1. The van der Waals surface area contributed by atoms with Crippen LogP contribution >= 0.6 is 11.6 Å². The molecule has 0 aliphatic carbocycles. The standard InChI is InChI=1S/C21H26ClN3O2/c1-2-27-16-18-7-4-3-6-17(18)15-23-21(26)25-12-10-24(11-13-25)20-9-5-8-19(22)14-20/h3-9,14H,2,10-13,15-16H2,1H3,(H,23,26). The van der Waals surface area contributed by atoms with E-state index >= 15 is 0 Å². The second kappa shape index (κ2) is 9.62. The fourth-order valence-corrected chi connectivity index (χ4v) is 3.39. The first-order valence-electron chi connectivity index (χ1n) is 9.35. The molecule has 1 heterocycles. The zero-order valence-corrected chi connectivity index (χ0v) is 16.4. The van der Waals surface area contributed by atoms with Crippen LogP contribution in [0.4, 0.5) is 10.5 Å². The van der Waals surface area contributed by atoms with Crippen molar-refractivity contribution < 1.29 is 9.53 Å². The fourth-order valence-electron chi connectivity index (χ4n) is 3.21. The van der Waals surface area contributed by atoms with Gasteiger partial charge < -0.3 is 19.9 Å². The van der Waals surface area contributed by atoms with E-state index in [9.17, 15) is 4.79 Å². The number of ether oxygens (including phenoxy) is 1.